The number of hydrogen-bond donors (Lipinski definition) is 1. The maximum Gasteiger partial charge on any atom is 0.407 e. The number of nitrogens with one attached hydrogen (secondary N) is 1. The third-order valence-electron chi connectivity index (χ3n) is 2.30. The standard InChI is InChI=1S/C15H20FNO2/c1-11-7-8-13(16)10-12(11)6-5-9-17-14(18)19-15(2,3)4/h5-8,10H,9H2,1-4H3,(H,17,18). The van der Waals surface area contributed by atoms with Crippen LogP contribution in [0.5, 0.6) is 0 Å². The number of aryl methyl sites for hydroxylation is 1. The van der Waals surface area contributed by atoms with Gasteiger partial charge in [-0.05, 0) is 51.0 Å². The summed E-state index contributed by atoms with van der Waals surface area (Å²) in [5, 5.41) is 2.60. The monoisotopic (exact) mass is 265 g/mol. The van der Waals surface area contributed by atoms with Gasteiger partial charge in [0.25, 0.3) is 0 Å². The molecular weight excluding hydrogens is 245 g/mol. The summed E-state index contributed by atoms with van der Waals surface area (Å²) in [5.41, 5.74) is 1.27. The van der Waals surface area contributed by atoms with E-state index in [1.165, 1.54) is 12.1 Å². The van der Waals surface area contributed by atoms with Crippen LogP contribution in [0.2, 0.25) is 0 Å². The fourth-order valence-corrected chi connectivity index (χ4v) is 1.43. The highest BCUT2D eigenvalue weighted by atomic mass is 19.1. The minimum absolute atomic E-state index is 0.273. The number of hydrogen-bond acceptors (Lipinski definition) is 2. The highest BCUT2D eigenvalue weighted by molar-refractivity contribution is 5.68. The van der Waals surface area contributed by atoms with E-state index in [9.17, 15) is 9.18 Å². The lowest BCUT2D eigenvalue weighted by atomic mass is 10.1. The van der Waals surface area contributed by atoms with E-state index in [4.69, 9.17) is 4.74 Å². The molecule has 0 aliphatic rings. The van der Waals surface area contributed by atoms with Crippen molar-refractivity contribution in [2.24, 2.45) is 0 Å². The number of benzene rings is 1. The van der Waals surface area contributed by atoms with Crippen molar-refractivity contribution in [3.8, 4) is 0 Å². The van der Waals surface area contributed by atoms with Crippen LogP contribution in [0.1, 0.15) is 31.9 Å². The molecule has 0 aliphatic heterocycles. The van der Waals surface area contributed by atoms with Crippen molar-refractivity contribution in [3.05, 3.63) is 41.2 Å². The fraction of sp³-hybridized carbons (Fsp3) is 0.400. The molecule has 0 heterocycles. The second kappa shape index (κ2) is 6.36. The van der Waals surface area contributed by atoms with Gasteiger partial charge in [-0.1, -0.05) is 18.2 Å². The van der Waals surface area contributed by atoms with Crippen LogP contribution in [0.3, 0.4) is 0 Å². The maximum atomic E-state index is 13.0. The lowest BCUT2D eigenvalue weighted by Gasteiger charge is -2.19. The van der Waals surface area contributed by atoms with Crippen LogP contribution in [0.15, 0.2) is 24.3 Å². The van der Waals surface area contributed by atoms with Crippen molar-refractivity contribution < 1.29 is 13.9 Å². The molecule has 4 heteroatoms. The summed E-state index contributed by atoms with van der Waals surface area (Å²) in [6, 6.07) is 4.60. The molecule has 1 aromatic rings. The lowest BCUT2D eigenvalue weighted by molar-refractivity contribution is 0.0534. The largest absolute Gasteiger partial charge is 0.444 e. The van der Waals surface area contributed by atoms with E-state index in [2.05, 4.69) is 5.32 Å². The third kappa shape index (κ3) is 6.04. The number of ether oxygens (including phenoxy) is 1. The van der Waals surface area contributed by atoms with Gasteiger partial charge >= 0.3 is 6.09 Å². The molecule has 0 aliphatic carbocycles. The summed E-state index contributed by atoms with van der Waals surface area (Å²) in [4.78, 5) is 11.4. The quantitative estimate of drug-likeness (QED) is 0.905. The Kier molecular flexibility index (Phi) is 5.10. The van der Waals surface area contributed by atoms with Crippen molar-refractivity contribution in [2.75, 3.05) is 6.54 Å². The third-order valence-corrected chi connectivity index (χ3v) is 2.30. The Morgan fingerprint density at radius 2 is 2.11 bits per heavy atom. The second-order valence-corrected chi connectivity index (χ2v) is 5.29. The zero-order valence-corrected chi connectivity index (χ0v) is 11.8. The Hall–Kier alpha value is -1.84. The van der Waals surface area contributed by atoms with E-state index < -0.39 is 11.7 Å². The molecule has 1 aromatic carbocycles. The summed E-state index contributed by atoms with van der Waals surface area (Å²) in [6.07, 6.45) is 3.06. The normalized spacial score (nSPS) is 11.6. The molecule has 1 amide bonds. The SMILES string of the molecule is Cc1ccc(F)cc1C=CCNC(=O)OC(C)(C)C. The van der Waals surface area contributed by atoms with Gasteiger partial charge in [0.2, 0.25) is 0 Å². The minimum atomic E-state index is -0.507. The van der Waals surface area contributed by atoms with Crippen LogP contribution in [-0.4, -0.2) is 18.2 Å². The molecule has 0 unspecified atom stereocenters. The molecule has 3 nitrogen and oxygen atoms in total. The molecule has 0 fully saturated rings. The molecule has 0 radical (unpaired) electrons. The van der Waals surface area contributed by atoms with Crippen LogP contribution in [0, 0.1) is 12.7 Å². The van der Waals surface area contributed by atoms with Crippen molar-refractivity contribution in [1.29, 1.82) is 0 Å². The topological polar surface area (TPSA) is 38.3 Å². The first-order valence-corrected chi connectivity index (χ1v) is 6.17. The first kappa shape index (κ1) is 15.2. The molecule has 104 valence electrons. The van der Waals surface area contributed by atoms with E-state index in [1.54, 1.807) is 39.0 Å². The predicted octanol–water partition coefficient (Wildman–Crippen LogP) is 3.67. The highest BCUT2D eigenvalue weighted by Gasteiger charge is 2.14. The van der Waals surface area contributed by atoms with Crippen LogP contribution in [0.4, 0.5) is 9.18 Å². The highest BCUT2D eigenvalue weighted by Crippen LogP contribution is 2.11. The van der Waals surface area contributed by atoms with E-state index >= 15 is 0 Å². The smallest absolute Gasteiger partial charge is 0.407 e. The van der Waals surface area contributed by atoms with Crippen LogP contribution < -0.4 is 5.32 Å². The van der Waals surface area contributed by atoms with Gasteiger partial charge in [-0.2, -0.15) is 0 Å². The second-order valence-electron chi connectivity index (χ2n) is 5.29. The van der Waals surface area contributed by atoms with Crippen LogP contribution >= 0.6 is 0 Å². The van der Waals surface area contributed by atoms with Crippen molar-refractivity contribution in [1.82, 2.24) is 5.32 Å². The Balaban J connectivity index is 2.47. The zero-order valence-electron chi connectivity index (χ0n) is 11.8. The van der Waals surface area contributed by atoms with Gasteiger partial charge in [-0.25, -0.2) is 9.18 Å². The van der Waals surface area contributed by atoms with Crippen molar-refractivity contribution in [3.63, 3.8) is 0 Å². The zero-order chi connectivity index (χ0) is 14.5. The van der Waals surface area contributed by atoms with Gasteiger partial charge in [-0.15, -0.1) is 0 Å². The Morgan fingerprint density at radius 3 is 2.74 bits per heavy atom. The molecule has 1 rings (SSSR count). The van der Waals surface area contributed by atoms with E-state index in [1.807, 2.05) is 6.92 Å². The number of carbonyl (C=O) groups is 1. The Morgan fingerprint density at radius 1 is 1.42 bits per heavy atom. The number of alkyl carbamates (subject to hydrolysis) is 1. The van der Waals surface area contributed by atoms with Gasteiger partial charge in [-0.3, -0.25) is 0 Å². The predicted molar refractivity (Wildman–Crippen MR) is 74.4 cm³/mol. The molecule has 0 spiro atoms. The summed E-state index contributed by atoms with van der Waals surface area (Å²) < 4.78 is 18.1. The van der Waals surface area contributed by atoms with Gasteiger partial charge in [0.15, 0.2) is 0 Å². The van der Waals surface area contributed by atoms with E-state index in [0.717, 1.165) is 11.1 Å². The number of rotatable bonds is 3. The summed E-state index contributed by atoms with van der Waals surface area (Å²) in [5.74, 6) is -0.273. The van der Waals surface area contributed by atoms with E-state index in [0.29, 0.717) is 6.54 Å². The molecule has 0 aromatic heterocycles. The Labute approximate surface area is 113 Å². The molecular formula is C15H20FNO2. The number of carbonyl (C=O) groups excluding carboxylic acids is 1. The number of amides is 1. The average Bonchev–Trinajstić information content (AvgIpc) is 2.26. The lowest BCUT2D eigenvalue weighted by Crippen LogP contribution is -2.32. The van der Waals surface area contributed by atoms with E-state index in [-0.39, 0.29) is 5.82 Å². The van der Waals surface area contributed by atoms with Gasteiger partial charge in [0.1, 0.15) is 11.4 Å². The summed E-state index contributed by atoms with van der Waals surface area (Å²) in [7, 11) is 0. The summed E-state index contributed by atoms with van der Waals surface area (Å²) in [6.45, 7) is 7.65. The van der Waals surface area contributed by atoms with Crippen molar-refractivity contribution in [2.45, 2.75) is 33.3 Å². The van der Waals surface area contributed by atoms with Gasteiger partial charge in [0.05, 0.1) is 0 Å². The van der Waals surface area contributed by atoms with Gasteiger partial charge < -0.3 is 10.1 Å². The van der Waals surface area contributed by atoms with Gasteiger partial charge in [0, 0.05) is 6.54 Å². The van der Waals surface area contributed by atoms with Crippen LogP contribution in [0.25, 0.3) is 6.08 Å². The average molecular weight is 265 g/mol. The maximum absolute atomic E-state index is 13.0. The molecule has 19 heavy (non-hydrogen) atoms. The Bertz CT molecular complexity index is 476. The minimum Gasteiger partial charge on any atom is -0.444 e. The number of halogens is 1. The van der Waals surface area contributed by atoms with Crippen LogP contribution in [-0.2, 0) is 4.74 Å². The summed E-state index contributed by atoms with van der Waals surface area (Å²) >= 11 is 0. The molecule has 0 atom stereocenters. The molecule has 0 saturated heterocycles. The first-order valence-electron chi connectivity index (χ1n) is 6.17. The van der Waals surface area contributed by atoms with Crippen molar-refractivity contribution >= 4 is 12.2 Å². The molecule has 1 N–H and O–H groups in total. The molecule has 0 bridgehead atoms. The fourth-order valence-electron chi connectivity index (χ4n) is 1.43. The molecule has 0 saturated carbocycles. The first-order chi connectivity index (χ1) is 8.78.